The lowest BCUT2D eigenvalue weighted by Gasteiger charge is -2.17. The molecule has 29 heavy (non-hydrogen) atoms. The van der Waals surface area contributed by atoms with Gasteiger partial charge in [-0.3, -0.25) is 0 Å². The highest BCUT2D eigenvalue weighted by molar-refractivity contribution is 6.75. The minimum absolute atomic E-state index is 0. The van der Waals surface area contributed by atoms with Crippen LogP contribution in [0.1, 0.15) is 16.7 Å². The molecule has 0 unspecified atom stereocenters. The summed E-state index contributed by atoms with van der Waals surface area (Å²) >= 11 is 0. The Morgan fingerprint density at radius 1 is 0.414 bits per heavy atom. The fourth-order valence-electron chi connectivity index (χ4n) is 3.32. The molecule has 0 bridgehead atoms. The third-order valence-electron chi connectivity index (χ3n) is 4.59. The van der Waals surface area contributed by atoms with Crippen LogP contribution in [0, 0.1) is 0 Å². The topological polar surface area (TPSA) is 63.0 Å². The van der Waals surface area contributed by atoms with Gasteiger partial charge in [0.2, 0.25) is 0 Å². The molecule has 0 aliphatic heterocycles. The van der Waals surface area contributed by atoms with Crippen molar-refractivity contribution in [2.45, 2.75) is 0 Å². The number of hydrogen-bond donors (Lipinski definition) is 0. The molecule has 4 aromatic rings. The van der Waals surface area contributed by atoms with E-state index < -0.39 is 0 Å². The first-order chi connectivity index (χ1) is 13.4. The van der Waals surface area contributed by atoms with E-state index in [4.69, 9.17) is 0 Å². The average Bonchev–Trinajstić information content (AvgIpc) is 2.76. The first kappa shape index (κ1) is 21.9. The molecule has 4 aromatic carbocycles. The van der Waals surface area contributed by atoms with Gasteiger partial charge in [0.05, 0.1) is 0 Å². The van der Waals surface area contributed by atoms with E-state index in [1.165, 1.54) is 33.2 Å². The van der Waals surface area contributed by atoms with Gasteiger partial charge in [0.15, 0.2) is 7.28 Å². The smallest absolute Gasteiger partial charge is 0.193 e. The van der Waals surface area contributed by atoms with Gasteiger partial charge in [-0.1, -0.05) is 132 Å². The molecule has 0 aliphatic carbocycles. The molecule has 4 rings (SSSR count). The molecule has 143 valence electrons. The SMILES string of the molecule is O.O.[B](C(=C(c1ccccc1)c1ccccc1)c1ccccc1)c1ccccc1. The third-order valence-corrected chi connectivity index (χ3v) is 4.59. The normalized spacial score (nSPS) is 9.52. The molecular formula is C26H24BO2. The van der Waals surface area contributed by atoms with Gasteiger partial charge in [0.25, 0.3) is 0 Å². The van der Waals surface area contributed by atoms with Crippen molar-refractivity contribution in [1.82, 2.24) is 0 Å². The van der Waals surface area contributed by atoms with E-state index >= 15 is 0 Å². The van der Waals surface area contributed by atoms with Crippen molar-refractivity contribution >= 4 is 23.8 Å². The summed E-state index contributed by atoms with van der Waals surface area (Å²) in [5.74, 6) is 0. The first-order valence-corrected chi connectivity index (χ1v) is 9.22. The van der Waals surface area contributed by atoms with E-state index in [1.54, 1.807) is 0 Å². The van der Waals surface area contributed by atoms with Crippen molar-refractivity contribution in [2.75, 3.05) is 0 Å². The molecule has 0 atom stereocenters. The van der Waals surface area contributed by atoms with Gasteiger partial charge in [-0.2, -0.15) is 0 Å². The summed E-state index contributed by atoms with van der Waals surface area (Å²) in [4.78, 5) is 0. The van der Waals surface area contributed by atoms with Crippen LogP contribution in [0.3, 0.4) is 0 Å². The molecule has 0 spiro atoms. The first-order valence-electron chi connectivity index (χ1n) is 9.22. The van der Waals surface area contributed by atoms with Gasteiger partial charge in [-0.15, -0.1) is 0 Å². The Bertz CT molecular complexity index is 974. The average molecular weight is 379 g/mol. The van der Waals surface area contributed by atoms with Gasteiger partial charge >= 0.3 is 0 Å². The highest BCUT2D eigenvalue weighted by atomic mass is 16.0. The minimum atomic E-state index is 0. The highest BCUT2D eigenvalue weighted by Crippen LogP contribution is 2.31. The van der Waals surface area contributed by atoms with Crippen LogP contribution in [-0.2, 0) is 0 Å². The molecule has 2 nitrogen and oxygen atoms in total. The Hall–Kier alpha value is -3.40. The Labute approximate surface area is 173 Å². The fraction of sp³-hybridized carbons (Fsp3) is 0. The molecule has 0 saturated carbocycles. The van der Waals surface area contributed by atoms with E-state index in [0.717, 1.165) is 0 Å². The van der Waals surface area contributed by atoms with Gasteiger partial charge in [0.1, 0.15) is 0 Å². The predicted molar refractivity (Wildman–Crippen MR) is 124 cm³/mol. The second-order valence-corrected chi connectivity index (χ2v) is 6.44. The molecular weight excluding hydrogens is 355 g/mol. The van der Waals surface area contributed by atoms with E-state index in [0.29, 0.717) is 0 Å². The van der Waals surface area contributed by atoms with Crippen LogP contribution >= 0.6 is 0 Å². The van der Waals surface area contributed by atoms with Crippen LogP contribution in [0.4, 0.5) is 0 Å². The predicted octanol–water partition coefficient (Wildman–Crippen LogP) is 3.98. The minimum Gasteiger partial charge on any atom is -0.412 e. The number of hydrogen-bond acceptors (Lipinski definition) is 0. The van der Waals surface area contributed by atoms with Crippen molar-refractivity contribution < 1.29 is 11.0 Å². The third kappa shape index (κ3) is 5.32. The molecule has 0 fully saturated rings. The summed E-state index contributed by atoms with van der Waals surface area (Å²) in [6.45, 7) is 0. The van der Waals surface area contributed by atoms with Gasteiger partial charge in [-0.05, 0) is 22.3 Å². The zero-order valence-electron chi connectivity index (χ0n) is 16.1. The molecule has 0 aromatic heterocycles. The van der Waals surface area contributed by atoms with Crippen LogP contribution in [-0.4, -0.2) is 18.2 Å². The zero-order valence-corrected chi connectivity index (χ0v) is 16.1. The van der Waals surface area contributed by atoms with E-state index in [9.17, 15) is 0 Å². The Kier molecular flexibility index (Phi) is 8.17. The van der Waals surface area contributed by atoms with Crippen LogP contribution in [0.15, 0.2) is 121 Å². The Balaban J connectivity index is 0.00000150. The maximum absolute atomic E-state index is 2.28. The molecule has 0 heterocycles. The molecule has 4 N–H and O–H groups in total. The van der Waals surface area contributed by atoms with Crippen molar-refractivity contribution in [3.63, 3.8) is 0 Å². The summed E-state index contributed by atoms with van der Waals surface area (Å²) < 4.78 is 0. The van der Waals surface area contributed by atoms with Gasteiger partial charge < -0.3 is 11.0 Å². The lowest BCUT2D eigenvalue weighted by Crippen LogP contribution is -2.17. The van der Waals surface area contributed by atoms with Crippen molar-refractivity contribution in [1.29, 1.82) is 0 Å². The summed E-state index contributed by atoms with van der Waals surface area (Å²) in [6, 6.07) is 42.4. The zero-order chi connectivity index (χ0) is 18.3. The lowest BCUT2D eigenvalue weighted by molar-refractivity contribution is 0.823. The van der Waals surface area contributed by atoms with E-state index in [-0.39, 0.29) is 11.0 Å². The fourth-order valence-corrected chi connectivity index (χ4v) is 3.32. The summed E-state index contributed by atoms with van der Waals surface area (Å²) in [7, 11) is 2.28. The molecule has 0 aliphatic rings. The Morgan fingerprint density at radius 3 is 1.17 bits per heavy atom. The van der Waals surface area contributed by atoms with Crippen molar-refractivity contribution in [3.05, 3.63) is 138 Å². The largest absolute Gasteiger partial charge is 0.412 e. The maximum Gasteiger partial charge on any atom is 0.193 e. The van der Waals surface area contributed by atoms with Crippen LogP contribution < -0.4 is 5.46 Å². The molecule has 1 radical (unpaired) electrons. The van der Waals surface area contributed by atoms with Gasteiger partial charge in [0, 0.05) is 0 Å². The summed E-state index contributed by atoms with van der Waals surface area (Å²) in [5.41, 5.74) is 7.31. The quantitative estimate of drug-likeness (QED) is 0.372. The van der Waals surface area contributed by atoms with Crippen molar-refractivity contribution in [2.24, 2.45) is 0 Å². The van der Waals surface area contributed by atoms with E-state index in [2.05, 4.69) is 129 Å². The molecule has 0 amide bonds. The van der Waals surface area contributed by atoms with Gasteiger partial charge in [-0.25, -0.2) is 0 Å². The standard InChI is InChI=1S/C26H20B.2H2O/c1-5-13-21(14-6-1)25(22-15-7-2-8-16-22)26(23-17-9-3-10-18-23)27-24-19-11-4-12-20-24;;/h1-20H;2*1H2. The lowest BCUT2D eigenvalue weighted by atomic mass is 9.58. The summed E-state index contributed by atoms with van der Waals surface area (Å²) in [5, 5.41) is 0. The maximum atomic E-state index is 2.28. The number of rotatable bonds is 5. The van der Waals surface area contributed by atoms with Crippen LogP contribution in [0.5, 0.6) is 0 Å². The molecule has 3 heteroatoms. The second kappa shape index (κ2) is 10.8. The van der Waals surface area contributed by atoms with Crippen LogP contribution in [0.2, 0.25) is 0 Å². The summed E-state index contributed by atoms with van der Waals surface area (Å²) in [6.07, 6.45) is 0. The highest BCUT2D eigenvalue weighted by Gasteiger charge is 2.15. The Morgan fingerprint density at radius 2 is 0.759 bits per heavy atom. The monoisotopic (exact) mass is 379 g/mol. The van der Waals surface area contributed by atoms with Crippen molar-refractivity contribution in [3.8, 4) is 0 Å². The van der Waals surface area contributed by atoms with Crippen LogP contribution in [0.25, 0.3) is 11.0 Å². The number of benzene rings is 4. The van der Waals surface area contributed by atoms with E-state index in [1.807, 2.05) is 0 Å². The second-order valence-electron chi connectivity index (χ2n) is 6.44. The molecule has 0 saturated heterocycles.